The van der Waals surface area contributed by atoms with E-state index < -0.39 is 10.4 Å². The van der Waals surface area contributed by atoms with Crippen LogP contribution in [0.3, 0.4) is 0 Å². The Hall–Kier alpha value is -2.06. The van der Waals surface area contributed by atoms with Crippen molar-refractivity contribution in [3.8, 4) is 0 Å². The molecule has 0 N–H and O–H groups in total. The first-order valence-corrected chi connectivity index (χ1v) is 10.2. The fourth-order valence-electron chi connectivity index (χ4n) is 2.90. The highest BCUT2D eigenvalue weighted by Crippen LogP contribution is 2.69. The maximum Gasteiger partial charge on any atom is 0.0263 e. The zero-order valence-electron chi connectivity index (χ0n) is 15.3. The molecular formula is C23H25FS. The Morgan fingerprint density at radius 3 is 1.24 bits per heavy atom. The second kappa shape index (κ2) is 7.05. The molecule has 3 aromatic carbocycles. The van der Waals surface area contributed by atoms with Crippen molar-refractivity contribution >= 4 is 10.4 Å². The Kier molecular flexibility index (Phi) is 5.01. The molecule has 0 atom stereocenters. The lowest BCUT2D eigenvalue weighted by atomic mass is 10.0. The van der Waals surface area contributed by atoms with Crippen molar-refractivity contribution in [2.45, 2.75) is 48.3 Å². The van der Waals surface area contributed by atoms with Crippen molar-refractivity contribution in [2.75, 3.05) is 0 Å². The Morgan fingerprint density at radius 2 is 0.920 bits per heavy atom. The number of rotatable bonds is 4. The monoisotopic (exact) mass is 352 g/mol. The van der Waals surface area contributed by atoms with E-state index in [0.717, 1.165) is 25.8 Å². The van der Waals surface area contributed by atoms with Gasteiger partial charge in [-0.05, 0) is 72.1 Å². The van der Waals surface area contributed by atoms with Gasteiger partial charge >= 0.3 is 0 Å². The van der Waals surface area contributed by atoms with Gasteiger partial charge in [0.15, 0.2) is 0 Å². The van der Waals surface area contributed by atoms with Crippen LogP contribution in [0.4, 0.5) is 3.89 Å². The summed E-state index contributed by atoms with van der Waals surface area (Å²) < 4.78 is 16.7. The molecular weight excluding hydrogens is 327 g/mol. The van der Waals surface area contributed by atoms with Gasteiger partial charge in [-0.15, -0.1) is 0 Å². The summed E-state index contributed by atoms with van der Waals surface area (Å²) >= 11 is 0. The number of halogens is 1. The maximum absolute atomic E-state index is 16.7. The van der Waals surface area contributed by atoms with E-state index in [9.17, 15) is 0 Å². The van der Waals surface area contributed by atoms with E-state index in [4.69, 9.17) is 0 Å². The largest absolute Gasteiger partial charge is 0.175 e. The molecule has 25 heavy (non-hydrogen) atoms. The molecule has 0 bridgehead atoms. The highest BCUT2D eigenvalue weighted by atomic mass is 32.3. The van der Waals surface area contributed by atoms with Crippen molar-refractivity contribution in [2.24, 2.45) is 0 Å². The molecule has 3 rings (SSSR count). The Morgan fingerprint density at radius 1 is 0.600 bits per heavy atom. The van der Waals surface area contributed by atoms with Crippen LogP contribution in [0, 0.1) is 13.8 Å². The topological polar surface area (TPSA) is 0 Å². The smallest absolute Gasteiger partial charge is 0.0263 e. The predicted molar refractivity (Wildman–Crippen MR) is 106 cm³/mol. The molecule has 0 aromatic heterocycles. The first kappa shape index (κ1) is 17.8. The van der Waals surface area contributed by atoms with E-state index in [0.29, 0.717) is 5.92 Å². The molecule has 0 unspecified atom stereocenters. The van der Waals surface area contributed by atoms with Crippen LogP contribution in [-0.4, -0.2) is 0 Å². The molecule has 0 fully saturated rings. The predicted octanol–water partition coefficient (Wildman–Crippen LogP) is 7.59. The van der Waals surface area contributed by atoms with Gasteiger partial charge in [-0.3, -0.25) is 0 Å². The first-order chi connectivity index (χ1) is 11.9. The summed E-state index contributed by atoms with van der Waals surface area (Å²) in [6, 6.07) is 23.7. The summed E-state index contributed by atoms with van der Waals surface area (Å²) in [6.07, 6.45) is 0. The third kappa shape index (κ3) is 3.50. The molecule has 0 nitrogen and oxygen atoms in total. The van der Waals surface area contributed by atoms with Crippen molar-refractivity contribution in [1.82, 2.24) is 0 Å². The molecule has 3 aromatic rings. The highest BCUT2D eigenvalue weighted by Gasteiger charge is 2.31. The number of hydrogen-bond acceptors (Lipinski definition) is 0. The number of aryl methyl sites for hydroxylation is 2. The summed E-state index contributed by atoms with van der Waals surface area (Å²) in [7, 11) is -2.75. The van der Waals surface area contributed by atoms with Crippen LogP contribution in [0.2, 0.25) is 0 Å². The zero-order valence-corrected chi connectivity index (χ0v) is 16.1. The van der Waals surface area contributed by atoms with Gasteiger partial charge in [0.25, 0.3) is 0 Å². The lowest BCUT2D eigenvalue weighted by Gasteiger charge is -2.32. The van der Waals surface area contributed by atoms with Gasteiger partial charge in [0.1, 0.15) is 0 Å². The Bertz CT molecular complexity index is 785. The molecule has 0 aliphatic rings. The fraction of sp³-hybridized carbons (Fsp3) is 0.217. The average Bonchev–Trinajstić information content (AvgIpc) is 2.62. The zero-order chi connectivity index (χ0) is 18.0. The molecule has 0 saturated heterocycles. The molecule has 0 radical (unpaired) electrons. The SMILES string of the molecule is Cc1ccc(S(F)(c2ccc(C)cc2)c2ccc(C(C)C)cc2)cc1. The normalized spacial score (nSPS) is 12.4. The van der Waals surface area contributed by atoms with E-state index in [-0.39, 0.29) is 0 Å². The van der Waals surface area contributed by atoms with Crippen LogP contribution in [0.15, 0.2) is 87.5 Å². The van der Waals surface area contributed by atoms with E-state index in [2.05, 4.69) is 26.0 Å². The minimum absolute atomic E-state index is 0.441. The third-order valence-corrected chi connectivity index (χ3v) is 7.33. The lowest BCUT2D eigenvalue weighted by molar-refractivity contribution is 0.855. The highest BCUT2D eigenvalue weighted by molar-refractivity contribution is 8.29. The number of benzene rings is 3. The van der Waals surface area contributed by atoms with Gasteiger partial charge in [0.05, 0.1) is 0 Å². The second-order valence-electron chi connectivity index (χ2n) is 6.89. The van der Waals surface area contributed by atoms with E-state index in [1.807, 2.05) is 74.5 Å². The maximum atomic E-state index is 16.7. The quantitative estimate of drug-likeness (QED) is 0.453. The van der Waals surface area contributed by atoms with Gasteiger partial charge in [-0.2, -0.15) is 3.89 Å². The summed E-state index contributed by atoms with van der Waals surface area (Å²) in [5.41, 5.74) is 3.52. The van der Waals surface area contributed by atoms with Gasteiger partial charge in [-0.25, -0.2) is 0 Å². The summed E-state index contributed by atoms with van der Waals surface area (Å²) in [4.78, 5) is 2.25. The van der Waals surface area contributed by atoms with Crippen molar-refractivity contribution in [1.29, 1.82) is 0 Å². The molecule has 0 saturated carbocycles. The van der Waals surface area contributed by atoms with Crippen LogP contribution < -0.4 is 0 Å². The van der Waals surface area contributed by atoms with Crippen molar-refractivity contribution in [3.63, 3.8) is 0 Å². The molecule has 130 valence electrons. The van der Waals surface area contributed by atoms with Gasteiger partial charge < -0.3 is 0 Å². The Balaban J connectivity index is 2.17. The fourth-order valence-corrected chi connectivity index (χ4v) is 5.25. The van der Waals surface area contributed by atoms with Crippen LogP contribution >= 0.6 is 10.4 Å². The molecule has 2 heteroatoms. The second-order valence-corrected chi connectivity index (χ2v) is 9.38. The van der Waals surface area contributed by atoms with Gasteiger partial charge in [-0.1, -0.05) is 61.4 Å². The molecule has 0 aliphatic heterocycles. The van der Waals surface area contributed by atoms with Crippen LogP contribution in [-0.2, 0) is 0 Å². The van der Waals surface area contributed by atoms with Gasteiger partial charge in [0.2, 0.25) is 0 Å². The molecule has 0 heterocycles. The van der Waals surface area contributed by atoms with E-state index in [1.54, 1.807) is 0 Å². The summed E-state index contributed by atoms with van der Waals surface area (Å²) in [5, 5.41) is 0. The molecule has 0 aliphatic carbocycles. The summed E-state index contributed by atoms with van der Waals surface area (Å²) in [5.74, 6) is 0.441. The lowest BCUT2D eigenvalue weighted by Crippen LogP contribution is -1.99. The van der Waals surface area contributed by atoms with Crippen LogP contribution in [0.1, 0.15) is 36.5 Å². The van der Waals surface area contributed by atoms with E-state index in [1.165, 1.54) is 5.56 Å². The number of hydrogen-bond donors (Lipinski definition) is 0. The van der Waals surface area contributed by atoms with Gasteiger partial charge in [0, 0.05) is 14.7 Å². The van der Waals surface area contributed by atoms with Crippen LogP contribution in [0.5, 0.6) is 0 Å². The molecule has 0 amide bonds. The Labute approximate surface area is 152 Å². The first-order valence-electron chi connectivity index (χ1n) is 8.67. The van der Waals surface area contributed by atoms with Crippen LogP contribution in [0.25, 0.3) is 0 Å². The minimum Gasteiger partial charge on any atom is -0.175 e. The minimum atomic E-state index is -2.75. The van der Waals surface area contributed by atoms with E-state index >= 15 is 3.89 Å². The average molecular weight is 353 g/mol. The third-order valence-electron chi connectivity index (χ3n) is 4.56. The summed E-state index contributed by atoms with van der Waals surface area (Å²) in [6.45, 7) is 8.37. The molecule has 0 spiro atoms. The van der Waals surface area contributed by atoms with Crippen molar-refractivity contribution in [3.05, 3.63) is 89.5 Å². The van der Waals surface area contributed by atoms with Crippen molar-refractivity contribution < 1.29 is 3.89 Å². The standard InChI is InChI=1S/C23H25FS/c1-17(2)20-9-15-23(16-10-20)25(24,21-11-5-18(3)6-12-21)22-13-7-19(4)8-14-22/h5-17H,1-4H3.